The van der Waals surface area contributed by atoms with E-state index in [1.54, 1.807) is 12.4 Å². The molecule has 1 fully saturated rings. The molecule has 0 saturated carbocycles. The first kappa shape index (κ1) is 20.6. The number of H-pyrrole nitrogens is 1. The molecule has 0 unspecified atom stereocenters. The molecule has 1 aliphatic heterocycles. The van der Waals surface area contributed by atoms with Crippen LogP contribution < -0.4 is 20.7 Å². The normalized spacial score (nSPS) is 14.1. The topological polar surface area (TPSA) is 104 Å². The minimum atomic E-state index is 0.321. The van der Waals surface area contributed by atoms with Crippen molar-refractivity contribution in [3.05, 3.63) is 59.3 Å². The van der Waals surface area contributed by atoms with Gasteiger partial charge < -0.3 is 20.7 Å². The summed E-state index contributed by atoms with van der Waals surface area (Å²) >= 11 is 0. The first-order chi connectivity index (χ1) is 15.2. The maximum Gasteiger partial charge on any atom is 0.231 e. The number of aryl methyl sites for hydroxylation is 1. The molecule has 9 nitrogen and oxygen atoms in total. The van der Waals surface area contributed by atoms with Crippen molar-refractivity contribution in [3.8, 4) is 5.75 Å². The molecule has 0 atom stereocenters. The van der Waals surface area contributed by atoms with Crippen LogP contribution in [0, 0.1) is 13.5 Å². The highest BCUT2D eigenvalue weighted by Crippen LogP contribution is 2.39. The molecule has 4 heterocycles. The maximum absolute atomic E-state index is 7.81. The van der Waals surface area contributed by atoms with Gasteiger partial charge in [-0.1, -0.05) is 0 Å². The first-order valence-electron chi connectivity index (χ1n) is 10.4. The fourth-order valence-electron chi connectivity index (χ4n) is 3.69. The molecule has 0 radical (unpaired) electrons. The van der Waals surface area contributed by atoms with E-state index in [1.807, 2.05) is 31.2 Å². The zero-order valence-corrected chi connectivity index (χ0v) is 17.5. The first-order valence-corrected chi connectivity index (χ1v) is 10.4. The van der Waals surface area contributed by atoms with Crippen LogP contribution in [0.25, 0.3) is 4.85 Å². The summed E-state index contributed by atoms with van der Waals surface area (Å²) in [5.74, 6) is 2.96. The average Bonchev–Trinajstić information content (AvgIpc) is 3.22. The zero-order chi connectivity index (χ0) is 21.5. The van der Waals surface area contributed by atoms with Gasteiger partial charge in [-0.3, -0.25) is 10.1 Å². The van der Waals surface area contributed by atoms with Crippen molar-refractivity contribution in [3.63, 3.8) is 0 Å². The van der Waals surface area contributed by atoms with Gasteiger partial charge in [0.25, 0.3) is 0 Å². The van der Waals surface area contributed by atoms with E-state index in [-0.39, 0.29) is 0 Å². The number of aromatic amines is 1. The summed E-state index contributed by atoms with van der Waals surface area (Å²) in [6.07, 6.45) is 5.38. The van der Waals surface area contributed by atoms with Crippen molar-refractivity contribution in [2.24, 2.45) is 0 Å². The second-order valence-electron chi connectivity index (χ2n) is 7.46. The number of anilines is 3. The van der Waals surface area contributed by atoms with Crippen LogP contribution >= 0.6 is 0 Å². The van der Waals surface area contributed by atoms with Gasteiger partial charge in [0.05, 0.1) is 12.8 Å². The largest absolute Gasteiger partial charge is 0.490 e. The Morgan fingerprint density at radius 3 is 2.84 bits per heavy atom. The number of nitrogens with one attached hydrogen (secondary N) is 4. The number of hydrogen-bond donors (Lipinski definition) is 4. The molecular formula is C22H26N8O. The number of rotatable bonds is 8. The van der Waals surface area contributed by atoms with Crippen LogP contribution in [0.1, 0.15) is 30.0 Å². The van der Waals surface area contributed by atoms with Gasteiger partial charge >= 0.3 is 0 Å². The summed E-state index contributed by atoms with van der Waals surface area (Å²) in [5, 5.41) is 17.1. The summed E-state index contributed by atoms with van der Waals surface area (Å²) in [5.41, 5.74) is 2.57. The number of hydrogen-bond acceptors (Lipinski definition) is 7. The SMILES string of the molecule is [C-]#[N+]c1c(C2CCNCC2)cc(Nc2cc(C)[nH]n2)nc1NCCOc1cccnc1. The van der Waals surface area contributed by atoms with Crippen LogP contribution in [0.5, 0.6) is 5.75 Å². The van der Waals surface area contributed by atoms with Crippen molar-refractivity contribution >= 4 is 23.1 Å². The number of nitrogens with zero attached hydrogens (tertiary/aromatic N) is 4. The van der Waals surface area contributed by atoms with Crippen LogP contribution in [0.2, 0.25) is 0 Å². The molecule has 0 spiro atoms. The lowest BCUT2D eigenvalue weighted by Gasteiger charge is -2.25. The summed E-state index contributed by atoms with van der Waals surface area (Å²) < 4.78 is 5.71. The van der Waals surface area contributed by atoms with Crippen LogP contribution in [-0.2, 0) is 0 Å². The molecule has 4 rings (SSSR count). The van der Waals surface area contributed by atoms with Gasteiger partial charge in [0.2, 0.25) is 5.69 Å². The van der Waals surface area contributed by atoms with Crippen LogP contribution in [0.3, 0.4) is 0 Å². The van der Waals surface area contributed by atoms with Gasteiger partial charge in [0, 0.05) is 24.5 Å². The van der Waals surface area contributed by atoms with Crippen molar-refractivity contribution in [2.45, 2.75) is 25.7 Å². The second-order valence-corrected chi connectivity index (χ2v) is 7.46. The Morgan fingerprint density at radius 1 is 1.26 bits per heavy atom. The summed E-state index contributed by atoms with van der Waals surface area (Å²) in [4.78, 5) is 12.6. The third-order valence-electron chi connectivity index (χ3n) is 5.17. The van der Waals surface area contributed by atoms with Gasteiger partial charge in [-0.25, -0.2) is 9.83 Å². The Bertz CT molecular complexity index is 1040. The molecule has 0 aliphatic carbocycles. The monoisotopic (exact) mass is 418 g/mol. The van der Waals surface area contributed by atoms with E-state index in [0.717, 1.165) is 37.2 Å². The predicted octanol–water partition coefficient (Wildman–Crippen LogP) is 3.76. The van der Waals surface area contributed by atoms with E-state index >= 15 is 0 Å². The maximum atomic E-state index is 7.81. The van der Waals surface area contributed by atoms with Crippen LogP contribution in [-0.4, -0.2) is 46.4 Å². The van der Waals surface area contributed by atoms with E-state index in [0.29, 0.717) is 48.0 Å². The van der Waals surface area contributed by atoms with E-state index in [1.165, 1.54) is 0 Å². The summed E-state index contributed by atoms with van der Waals surface area (Å²) in [6.45, 7) is 12.6. The van der Waals surface area contributed by atoms with Gasteiger partial charge in [0.15, 0.2) is 5.82 Å². The van der Waals surface area contributed by atoms with Gasteiger partial charge in [0.1, 0.15) is 24.0 Å². The molecular weight excluding hydrogens is 392 g/mol. The molecule has 31 heavy (non-hydrogen) atoms. The van der Waals surface area contributed by atoms with E-state index in [9.17, 15) is 0 Å². The van der Waals surface area contributed by atoms with Crippen LogP contribution in [0.15, 0.2) is 36.7 Å². The molecule has 1 saturated heterocycles. The van der Waals surface area contributed by atoms with Gasteiger partial charge in [-0.15, -0.1) is 0 Å². The van der Waals surface area contributed by atoms with Gasteiger partial charge in [-0.05, 0) is 62.5 Å². The molecule has 3 aromatic rings. The molecule has 160 valence electrons. The third-order valence-corrected chi connectivity index (χ3v) is 5.17. The molecule has 1 aliphatic rings. The molecule has 0 aromatic carbocycles. The Morgan fingerprint density at radius 2 is 2.13 bits per heavy atom. The van der Waals surface area contributed by atoms with E-state index in [2.05, 4.69) is 41.0 Å². The molecule has 4 N–H and O–H groups in total. The minimum absolute atomic E-state index is 0.321. The number of pyridine rings is 2. The van der Waals surface area contributed by atoms with Gasteiger partial charge in [-0.2, -0.15) is 5.10 Å². The number of ether oxygens (including phenoxy) is 1. The Labute approximate surface area is 181 Å². The molecule has 9 heteroatoms. The molecule has 0 amide bonds. The van der Waals surface area contributed by atoms with Crippen molar-refractivity contribution in [1.82, 2.24) is 25.5 Å². The van der Waals surface area contributed by atoms with Crippen molar-refractivity contribution < 1.29 is 4.74 Å². The van der Waals surface area contributed by atoms with E-state index in [4.69, 9.17) is 11.3 Å². The fraction of sp³-hybridized carbons (Fsp3) is 0.364. The summed E-state index contributed by atoms with van der Waals surface area (Å²) in [7, 11) is 0. The second kappa shape index (κ2) is 9.91. The highest BCUT2D eigenvalue weighted by Gasteiger charge is 2.22. The Kier molecular flexibility index (Phi) is 6.59. The lowest BCUT2D eigenvalue weighted by molar-refractivity contribution is 0.331. The molecule has 0 bridgehead atoms. The molecule has 3 aromatic heterocycles. The lowest BCUT2D eigenvalue weighted by atomic mass is 9.89. The van der Waals surface area contributed by atoms with Crippen molar-refractivity contribution in [1.29, 1.82) is 0 Å². The summed E-state index contributed by atoms with van der Waals surface area (Å²) in [6, 6.07) is 7.61. The predicted molar refractivity (Wildman–Crippen MR) is 120 cm³/mol. The van der Waals surface area contributed by atoms with Crippen molar-refractivity contribution in [2.75, 3.05) is 36.9 Å². The standard InChI is InChI=1S/C22H26N8O/c1-15-12-20(30-29-15)27-19-13-18(16-5-8-24-9-6-16)21(23-2)22(28-19)26-10-11-31-17-4-3-7-25-14-17/h3-4,7,12-14,16,24H,5-6,8-11H2,1H3,(H3,26,27,28,29,30). The van der Waals surface area contributed by atoms with Crippen LogP contribution in [0.4, 0.5) is 23.1 Å². The zero-order valence-electron chi connectivity index (χ0n) is 17.5. The minimum Gasteiger partial charge on any atom is -0.490 e. The Balaban J connectivity index is 1.55. The highest BCUT2D eigenvalue weighted by molar-refractivity contribution is 5.74. The highest BCUT2D eigenvalue weighted by atomic mass is 16.5. The lowest BCUT2D eigenvalue weighted by Crippen LogP contribution is -2.26. The van der Waals surface area contributed by atoms with E-state index < -0.39 is 0 Å². The smallest absolute Gasteiger partial charge is 0.231 e. The quantitative estimate of drug-likeness (QED) is 0.326. The average molecular weight is 419 g/mol. The Hall–Kier alpha value is -3.64. The third kappa shape index (κ3) is 5.29. The number of aromatic nitrogens is 4. The fourth-order valence-corrected chi connectivity index (χ4v) is 3.69. The number of piperidine rings is 1.